The lowest BCUT2D eigenvalue weighted by Crippen LogP contribution is -2.16. The highest BCUT2D eigenvalue weighted by molar-refractivity contribution is 5.89. The Morgan fingerprint density at radius 1 is 0.765 bits per heavy atom. The first-order valence-electron chi connectivity index (χ1n) is 10.7. The van der Waals surface area contributed by atoms with Crippen LogP contribution in [0.2, 0.25) is 0 Å². The molecule has 0 heterocycles. The molecule has 0 unspecified atom stereocenters. The molecule has 0 N–H and O–H groups in total. The predicted molar refractivity (Wildman–Crippen MR) is 120 cm³/mol. The molecule has 0 spiro atoms. The third-order valence-corrected chi connectivity index (χ3v) is 5.57. The fourth-order valence-corrected chi connectivity index (χ4v) is 3.93. The lowest BCUT2D eigenvalue weighted by atomic mass is 9.95. The van der Waals surface area contributed by atoms with Crippen molar-refractivity contribution >= 4 is 10.8 Å². The molecule has 0 bridgehead atoms. The Labute approximate surface area is 192 Å². The second-order valence-corrected chi connectivity index (χ2v) is 7.97. The molecule has 0 atom stereocenters. The van der Waals surface area contributed by atoms with Crippen molar-refractivity contribution < 1.29 is 31.1 Å². The maximum Gasteiger partial charge on any atom is 0.573 e. The zero-order chi connectivity index (χ0) is 24.5. The number of aryl methyl sites for hydroxylation is 1. The van der Waals surface area contributed by atoms with Gasteiger partial charge in [-0.25, -0.2) is 13.2 Å². The van der Waals surface area contributed by atoms with Crippen LogP contribution in [0.5, 0.6) is 5.75 Å². The summed E-state index contributed by atoms with van der Waals surface area (Å²) in [5.74, 6) is -3.02. The van der Waals surface area contributed by atoms with Crippen molar-refractivity contribution in [2.75, 3.05) is 0 Å². The third-order valence-electron chi connectivity index (χ3n) is 5.57. The van der Waals surface area contributed by atoms with Gasteiger partial charge in [0.15, 0.2) is 0 Å². The molecule has 1 nitrogen and oxygen atoms in total. The van der Waals surface area contributed by atoms with Crippen molar-refractivity contribution in [1.29, 1.82) is 0 Å². The second kappa shape index (κ2) is 9.41. The van der Waals surface area contributed by atoms with Crippen molar-refractivity contribution in [1.82, 2.24) is 0 Å². The van der Waals surface area contributed by atoms with E-state index >= 15 is 4.39 Å². The van der Waals surface area contributed by atoms with Crippen LogP contribution in [0.1, 0.15) is 25.3 Å². The van der Waals surface area contributed by atoms with Crippen LogP contribution in [0, 0.1) is 17.5 Å². The molecule has 34 heavy (non-hydrogen) atoms. The van der Waals surface area contributed by atoms with Crippen LogP contribution in [0.25, 0.3) is 33.0 Å². The standard InChI is InChI=1S/C27H20F6O/c1-2-3-4-16-5-11-21-18(13-16)8-12-22(26(21)30)19-14-23(28)25(24(29)15-19)17-6-9-20(10-7-17)34-27(31,32)33/h5-15H,2-4H2,1H3. The van der Waals surface area contributed by atoms with Gasteiger partial charge in [-0.3, -0.25) is 0 Å². The van der Waals surface area contributed by atoms with E-state index in [1.165, 1.54) is 6.07 Å². The van der Waals surface area contributed by atoms with E-state index in [1.54, 1.807) is 12.1 Å². The highest BCUT2D eigenvalue weighted by atomic mass is 19.4. The van der Waals surface area contributed by atoms with Gasteiger partial charge >= 0.3 is 6.36 Å². The molecule has 0 aliphatic heterocycles. The SMILES string of the molecule is CCCCc1ccc2c(F)c(-c3cc(F)c(-c4ccc(OC(F)(F)F)cc4)c(F)c3)ccc2c1. The molecule has 0 aliphatic rings. The highest BCUT2D eigenvalue weighted by Gasteiger charge is 2.31. The lowest BCUT2D eigenvalue weighted by molar-refractivity contribution is -0.274. The Hall–Kier alpha value is -3.48. The molecule has 4 aromatic rings. The van der Waals surface area contributed by atoms with Crippen molar-refractivity contribution in [3.05, 3.63) is 89.7 Å². The van der Waals surface area contributed by atoms with E-state index in [4.69, 9.17) is 0 Å². The van der Waals surface area contributed by atoms with E-state index < -0.39 is 35.1 Å². The minimum Gasteiger partial charge on any atom is -0.406 e. The zero-order valence-corrected chi connectivity index (χ0v) is 18.1. The van der Waals surface area contributed by atoms with Gasteiger partial charge in [-0.1, -0.05) is 55.8 Å². The fourth-order valence-electron chi connectivity index (χ4n) is 3.93. The minimum absolute atomic E-state index is 0.0187. The molecule has 4 aromatic carbocycles. The average molecular weight is 474 g/mol. The normalized spacial score (nSPS) is 11.7. The summed E-state index contributed by atoms with van der Waals surface area (Å²) in [6, 6.07) is 14.8. The number of fused-ring (bicyclic) bond motifs is 1. The summed E-state index contributed by atoms with van der Waals surface area (Å²) in [5, 5.41) is 1.05. The Bertz CT molecular complexity index is 1300. The molecule has 0 aromatic heterocycles. The van der Waals surface area contributed by atoms with Crippen LogP contribution < -0.4 is 4.74 Å². The number of ether oxygens (including phenoxy) is 1. The predicted octanol–water partition coefficient (Wildman–Crippen LogP) is 8.83. The van der Waals surface area contributed by atoms with Crippen molar-refractivity contribution in [3.8, 4) is 28.0 Å². The first-order valence-corrected chi connectivity index (χ1v) is 10.7. The summed E-state index contributed by atoms with van der Waals surface area (Å²) in [6.07, 6.45) is -1.92. The number of unbranched alkanes of at least 4 members (excludes halogenated alkanes) is 1. The summed E-state index contributed by atoms with van der Waals surface area (Å²) in [4.78, 5) is 0. The van der Waals surface area contributed by atoms with Crippen LogP contribution in [0.3, 0.4) is 0 Å². The minimum atomic E-state index is -4.87. The molecule has 0 amide bonds. The first-order chi connectivity index (χ1) is 16.2. The van der Waals surface area contributed by atoms with Gasteiger partial charge in [0.1, 0.15) is 23.2 Å². The molecule has 0 radical (unpaired) electrons. The van der Waals surface area contributed by atoms with Gasteiger partial charge in [0, 0.05) is 10.9 Å². The molecule has 0 aliphatic carbocycles. The molecule has 0 saturated carbocycles. The van der Waals surface area contributed by atoms with E-state index in [2.05, 4.69) is 11.7 Å². The van der Waals surface area contributed by atoms with Crippen LogP contribution >= 0.6 is 0 Å². The van der Waals surface area contributed by atoms with Gasteiger partial charge in [-0.05, 0) is 59.2 Å². The van der Waals surface area contributed by atoms with Gasteiger partial charge in [0.05, 0.1) is 5.56 Å². The number of halogens is 6. The van der Waals surface area contributed by atoms with Crippen molar-refractivity contribution in [3.63, 3.8) is 0 Å². The van der Waals surface area contributed by atoms with Crippen LogP contribution in [-0.4, -0.2) is 6.36 Å². The Kier molecular flexibility index (Phi) is 6.55. The van der Waals surface area contributed by atoms with E-state index in [0.29, 0.717) is 10.8 Å². The quantitative estimate of drug-likeness (QED) is 0.254. The zero-order valence-electron chi connectivity index (χ0n) is 18.1. The lowest BCUT2D eigenvalue weighted by Gasteiger charge is -2.12. The monoisotopic (exact) mass is 474 g/mol. The number of alkyl halides is 3. The number of hydrogen-bond acceptors (Lipinski definition) is 1. The fraction of sp³-hybridized carbons (Fsp3) is 0.185. The summed E-state index contributed by atoms with van der Waals surface area (Å²) < 4.78 is 85.8. The van der Waals surface area contributed by atoms with Crippen molar-refractivity contribution in [2.45, 2.75) is 32.5 Å². The molecule has 4 rings (SSSR count). The van der Waals surface area contributed by atoms with Crippen LogP contribution in [0.4, 0.5) is 26.3 Å². The highest BCUT2D eigenvalue weighted by Crippen LogP contribution is 2.35. The maximum absolute atomic E-state index is 15.3. The van der Waals surface area contributed by atoms with Crippen molar-refractivity contribution in [2.24, 2.45) is 0 Å². The molecule has 7 heteroatoms. The first kappa shape index (κ1) is 23.7. The average Bonchev–Trinajstić information content (AvgIpc) is 2.77. The van der Waals surface area contributed by atoms with E-state index in [9.17, 15) is 22.0 Å². The number of hydrogen-bond donors (Lipinski definition) is 0. The topological polar surface area (TPSA) is 9.23 Å². The Morgan fingerprint density at radius 3 is 2.06 bits per heavy atom. The molecular formula is C27H20F6O. The van der Waals surface area contributed by atoms with E-state index in [-0.39, 0.29) is 16.7 Å². The van der Waals surface area contributed by atoms with Gasteiger partial charge in [-0.15, -0.1) is 13.2 Å². The largest absolute Gasteiger partial charge is 0.573 e. The second-order valence-electron chi connectivity index (χ2n) is 7.97. The molecule has 176 valence electrons. The van der Waals surface area contributed by atoms with Gasteiger partial charge in [0.25, 0.3) is 0 Å². The smallest absolute Gasteiger partial charge is 0.406 e. The summed E-state index contributed by atoms with van der Waals surface area (Å²) in [7, 11) is 0. The molecule has 0 saturated heterocycles. The summed E-state index contributed by atoms with van der Waals surface area (Å²) >= 11 is 0. The Balaban J connectivity index is 1.68. The molecular weight excluding hydrogens is 454 g/mol. The Morgan fingerprint density at radius 2 is 1.44 bits per heavy atom. The van der Waals surface area contributed by atoms with E-state index in [1.807, 2.05) is 12.1 Å². The van der Waals surface area contributed by atoms with Gasteiger partial charge in [-0.2, -0.15) is 0 Å². The van der Waals surface area contributed by atoms with Crippen LogP contribution in [-0.2, 0) is 6.42 Å². The number of benzene rings is 4. The third kappa shape index (κ3) is 5.03. The van der Waals surface area contributed by atoms with Gasteiger partial charge < -0.3 is 4.74 Å². The maximum atomic E-state index is 15.3. The molecule has 0 fully saturated rings. The summed E-state index contributed by atoms with van der Waals surface area (Å²) in [5.41, 5.74) is 0.755. The van der Waals surface area contributed by atoms with Gasteiger partial charge in [0.2, 0.25) is 0 Å². The summed E-state index contributed by atoms with van der Waals surface area (Å²) in [6.45, 7) is 2.09. The van der Waals surface area contributed by atoms with E-state index in [0.717, 1.165) is 61.2 Å². The van der Waals surface area contributed by atoms with Crippen LogP contribution in [0.15, 0.2) is 66.7 Å². The number of rotatable bonds is 6.